The van der Waals surface area contributed by atoms with E-state index in [1.54, 1.807) is 49.4 Å². The van der Waals surface area contributed by atoms with E-state index < -0.39 is 72.5 Å². The van der Waals surface area contributed by atoms with Gasteiger partial charge in [0.2, 0.25) is 12.4 Å². The largest absolute Gasteiger partial charge is 0.485 e. The lowest BCUT2D eigenvalue weighted by molar-refractivity contribution is -0.153. The fourth-order valence-corrected chi connectivity index (χ4v) is 12.6. The molecule has 13 N–H and O–H groups in total. The predicted octanol–water partition coefficient (Wildman–Crippen LogP) is 21.0. The van der Waals surface area contributed by atoms with Gasteiger partial charge in [-0.25, -0.2) is 33.6 Å². The molecule has 0 spiro atoms. The number of aryl methyl sites for hydroxylation is 1. The molecule has 2 atom stereocenters. The number of carboxylic acids is 8. The molecule has 0 saturated heterocycles. The minimum absolute atomic E-state index is 0.00890. The number of carbonyl (C=O) groups is 9. The van der Waals surface area contributed by atoms with Gasteiger partial charge >= 0.3 is 53.7 Å². The van der Waals surface area contributed by atoms with E-state index in [9.17, 15) is 53.4 Å². The van der Waals surface area contributed by atoms with Gasteiger partial charge < -0.3 is 75.9 Å². The Hall–Kier alpha value is -12.5. The summed E-state index contributed by atoms with van der Waals surface area (Å²) >= 11 is 12.7. The Morgan fingerprint density at radius 1 is 0.481 bits per heavy atom. The van der Waals surface area contributed by atoms with Crippen LogP contribution in [0.25, 0.3) is 6.08 Å². The summed E-state index contributed by atoms with van der Waals surface area (Å²) in [5, 5.41) is 119. The summed E-state index contributed by atoms with van der Waals surface area (Å²) in [5.74, 6) is -8.84. The molecule has 0 aliphatic carbocycles. The highest BCUT2D eigenvalue weighted by Crippen LogP contribution is 2.36. The molecule has 0 aliphatic rings. The van der Waals surface area contributed by atoms with Crippen LogP contribution in [0.15, 0.2) is 195 Å². The van der Waals surface area contributed by atoms with Gasteiger partial charge in [-0.05, 0) is 178 Å². The molecule has 0 fully saturated rings. The average Bonchev–Trinajstić information content (AvgIpc) is 1.02. The number of H-pyrrole nitrogens is 1. The van der Waals surface area contributed by atoms with Crippen LogP contribution >= 0.6 is 43.5 Å². The molecule has 0 saturated carbocycles. The summed E-state index contributed by atoms with van der Waals surface area (Å²) < 4.78 is 12.1. The minimum Gasteiger partial charge on any atom is -0.485 e. The number of carboxylic acid groups (broad SMARTS) is 8. The predicted molar refractivity (Wildman–Crippen MR) is 529 cm³/mol. The van der Waals surface area contributed by atoms with Gasteiger partial charge in [0.25, 0.3) is 0 Å². The Morgan fingerprint density at radius 3 is 1.28 bits per heavy atom. The summed E-state index contributed by atoms with van der Waals surface area (Å²) in [6, 6.07) is 52.4. The van der Waals surface area contributed by atoms with E-state index in [4.69, 9.17) is 72.0 Å². The second-order valence-electron chi connectivity index (χ2n) is 39.0. The van der Waals surface area contributed by atoms with Crippen molar-refractivity contribution in [2.45, 2.75) is 248 Å². The number of halogens is 3. The molecule has 135 heavy (non-hydrogen) atoms. The number of nitrogens with zero attached hydrogens (tertiary/aromatic N) is 5. The number of nitrogens with one attached hydrogen (secondary N) is 2. The fraction of sp³-hybridized carbons (Fsp3) is 0.392. The van der Waals surface area contributed by atoms with Gasteiger partial charge in [0, 0.05) is 27.0 Å². The second-order valence-corrected chi connectivity index (χ2v) is 41.1. The second kappa shape index (κ2) is 53.0. The van der Waals surface area contributed by atoms with E-state index in [-0.39, 0.29) is 73.3 Å². The van der Waals surface area contributed by atoms with E-state index in [0.717, 1.165) is 55.2 Å². The van der Waals surface area contributed by atoms with E-state index in [1.807, 2.05) is 118 Å². The summed E-state index contributed by atoms with van der Waals surface area (Å²) in [4.78, 5) is 100. The zero-order valence-corrected chi connectivity index (χ0v) is 85.1. The molecule has 8 aromatic carbocycles. The zero-order chi connectivity index (χ0) is 103. The normalized spacial score (nSPS) is 12.2. The summed E-state index contributed by atoms with van der Waals surface area (Å²) in [7, 11) is 0. The van der Waals surface area contributed by atoms with Crippen molar-refractivity contribution in [1.82, 2.24) is 20.6 Å². The lowest BCUT2D eigenvalue weighted by atomic mass is 9.86. The SMILES string of the molecule is C/C(=N\OCC(=O)O)c1ccc(C(C)(C)C)cc1.CC(C)(C)c1ccc(/C(=N/O)C(=O)O)cc1.CC(C)(C)c1ccc(/C=C/C(=O)O)c(Br)c1.CC(C)(C)c1ccc(C(O)C(O)C(=O)O)c(Br)c1.CC(C)(C)c1ccc(CCC(=O)O)cc1.CC(C)(C)c1ccc(NC(=O)C(=O)O)c(C(=O)O)c1.CC(C)(C)c1ccc(OCC(=O)O)c(Cl)c1.CC(C)(C)c1ccc(OCc2nn[nH]n2)cc1. The first kappa shape index (κ1) is 119. The Bertz CT molecular complexity index is 5510. The Morgan fingerprint density at radius 2 is 0.896 bits per heavy atom. The van der Waals surface area contributed by atoms with Crippen molar-refractivity contribution in [1.29, 1.82) is 0 Å². The fourth-order valence-electron chi connectivity index (χ4n) is 11.2. The lowest BCUT2D eigenvalue weighted by Crippen LogP contribution is -2.27. The van der Waals surface area contributed by atoms with Crippen molar-refractivity contribution >= 4 is 120 Å². The van der Waals surface area contributed by atoms with Crippen molar-refractivity contribution in [3.05, 3.63) is 274 Å². The molecule has 0 bridgehead atoms. The Kier molecular flexibility index (Phi) is 46.5. The number of hydrogen-bond acceptors (Lipinski definition) is 20. The van der Waals surface area contributed by atoms with Gasteiger partial charge in [0.15, 0.2) is 25.0 Å². The standard InChI is InChI=1S/C14H19NO3.C13H17BrO4.C13H15BrO2.C13H15NO5.C13H18O2.C12H15ClO3.C12H16N4O.C12H15NO3/c1-10(15-18-9-13(16)17)11-5-7-12(8-6-11)14(2,3)4;1-13(2,3)7-4-5-8(9(14)6-7)10(15)11(16)12(17)18;1-13(2,3)10-6-4-9(11(14)8-10)5-7-12(15)16;1-13(2,3)7-4-5-9(8(6-7)11(16)17)14-10(15)12(18)19;1-13(2,3)11-7-4-10(5-8-11)6-9-12(14)15;1-12(2,3)8-4-5-10(9(13)6-8)16-7-11(14)15;1-12(2,3)9-4-6-10(7-5-9)17-8-11-13-15-16-14-11;1-12(2,3)9-6-4-8(5-7-9)10(13-16)11(14)15/h5-8H,9H2,1-4H3,(H,16,17);4-6,10-11,15-16H,1-3H3,(H,17,18);4-8H,1-3H3,(H,15,16);4-6H,1-3H3,(H,14,15)(H,16,17)(H,18,19);4-5,7-8H,6,9H2,1-3H3,(H,14,15);4-6H,7H2,1-3H3,(H,14,15);4-7H,8H2,1-3H3,(H,13,14,15,16);4-7,16H,1-3H3,(H,14,15)/b15-10+;;7-5+;;;;;13-10-. The maximum absolute atomic E-state index is 11.2. The van der Waals surface area contributed by atoms with Gasteiger partial charge in [-0.1, -0.05) is 346 Å². The molecule has 30 nitrogen and oxygen atoms in total. The van der Waals surface area contributed by atoms with Crippen molar-refractivity contribution in [3.8, 4) is 11.5 Å². The van der Waals surface area contributed by atoms with E-state index in [1.165, 1.54) is 34.4 Å². The average molecular weight is 2020 g/mol. The van der Waals surface area contributed by atoms with Gasteiger partial charge in [-0.3, -0.25) is 9.59 Å². The number of aromatic amines is 1. The monoisotopic (exact) mass is 2010 g/mol. The van der Waals surface area contributed by atoms with Crippen molar-refractivity contribution in [2.75, 3.05) is 18.5 Å². The van der Waals surface area contributed by atoms with Crippen molar-refractivity contribution in [3.63, 3.8) is 0 Å². The van der Waals surface area contributed by atoms with Gasteiger partial charge in [-0.15, -0.1) is 10.2 Å². The molecule has 0 aliphatic heterocycles. The van der Waals surface area contributed by atoms with E-state index in [0.29, 0.717) is 50.9 Å². The van der Waals surface area contributed by atoms with Crippen molar-refractivity contribution in [2.24, 2.45) is 10.3 Å². The molecule has 1 aromatic heterocycles. The number of aromatic carboxylic acids is 1. The number of hydrogen-bond donors (Lipinski definition) is 13. The number of oxime groups is 2. The van der Waals surface area contributed by atoms with Crippen LogP contribution in [0.1, 0.15) is 274 Å². The van der Waals surface area contributed by atoms with Crippen LogP contribution in [0.3, 0.4) is 0 Å². The molecule has 0 radical (unpaired) electrons. The Labute approximate surface area is 811 Å². The number of aromatic nitrogens is 4. The number of rotatable bonds is 22. The molecule has 33 heteroatoms. The third kappa shape index (κ3) is 44.0. The molecule has 9 aromatic rings. The van der Waals surface area contributed by atoms with Crippen LogP contribution in [0.4, 0.5) is 5.69 Å². The van der Waals surface area contributed by atoms with Gasteiger partial charge in [-0.2, -0.15) is 5.21 Å². The van der Waals surface area contributed by atoms with Crippen LogP contribution in [0, 0.1) is 0 Å². The van der Waals surface area contributed by atoms with Gasteiger partial charge in [0.1, 0.15) is 17.6 Å². The number of amides is 1. The van der Waals surface area contributed by atoms with Crippen LogP contribution < -0.4 is 14.8 Å². The van der Waals surface area contributed by atoms with E-state index >= 15 is 0 Å². The number of aliphatic hydroxyl groups excluding tert-OH is 2. The maximum atomic E-state index is 11.2. The lowest BCUT2D eigenvalue weighted by Gasteiger charge is -2.22. The summed E-state index contributed by atoms with van der Waals surface area (Å²) in [5.41, 5.74) is 13.1. The van der Waals surface area contributed by atoms with Crippen LogP contribution in [0.2, 0.25) is 5.02 Å². The number of anilines is 1. The number of benzene rings is 8. The third-order valence-electron chi connectivity index (χ3n) is 19.5. The highest BCUT2D eigenvalue weighted by Gasteiger charge is 2.29. The van der Waals surface area contributed by atoms with Gasteiger partial charge in [0.05, 0.1) is 22.0 Å². The van der Waals surface area contributed by atoms with E-state index in [2.05, 4.69) is 238 Å². The number of ether oxygens (including phenoxy) is 2. The smallest absolute Gasteiger partial charge is 0.394 e. The quantitative estimate of drug-likeness (QED) is 0.00985. The maximum Gasteiger partial charge on any atom is 0.394 e. The number of tetrazole rings is 1. The number of aliphatic hydroxyl groups is 2. The molecule has 732 valence electrons. The molecule has 1 heterocycles. The highest BCUT2D eigenvalue weighted by molar-refractivity contribution is 9.10. The van der Waals surface area contributed by atoms with Crippen molar-refractivity contribution < 1.29 is 114 Å². The molecule has 2 unspecified atom stereocenters. The molecular weight excluding hydrogens is 1890 g/mol. The first-order chi connectivity index (χ1) is 62.0. The highest BCUT2D eigenvalue weighted by atomic mass is 79.9. The zero-order valence-electron chi connectivity index (χ0n) is 81.2. The molecule has 9 rings (SSSR count). The summed E-state index contributed by atoms with van der Waals surface area (Å²) in [6.45, 7) is 51.6. The number of carbonyl (C=O) groups excluding carboxylic acids is 1. The first-order valence-electron chi connectivity index (χ1n) is 42.5. The molecular formula is C102H130Br2ClN7O23. The first-order valence-corrected chi connectivity index (χ1v) is 44.4. The topological polar surface area (TPSA) is 495 Å². The van der Waals surface area contributed by atoms with Crippen LogP contribution in [-0.4, -0.2) is 161 Å². The minimum atomic E-state index is -1.83. The Balaban J connectivity index is 0.000000522. The van der Waals surface area contributed by atoms with Crippen LogP contribution in [0.5, 0.6) is 11.5 Å². The number of aliphatic carboxylic acids is 7. The van der Waals surface area contributed by atoms with Crippen LogP contribution in [-0.2, 0) is 99.5 Å². The molecule has 1 amide bonds. The third-order valence-corrected chi connectivity index (χ3v) is 21.2. The summed E-state index contributed by atoms with van der Waals surface area (Å²) in [6.07, 6.45) is 0.248.